The first-order valence-corrected chi connectivity index (χ1v) is 7.39. The molecule has 1 aliphatic carbocycles. The van der Waals surface area contributed by atoms with E-state index in [2.05, 4.69) is 4.90 Å². The van der Waals surface area contributed by atoms with Crippen LogP contribution in [0.5, 0.6) is 0 Å². The molecule has 3 rings (SSSR count). The van der Waals surface area contributed by atoms with Crippen molar-refractivity contribution in [2.24, 2.45) is 5.92 Å². The third-order valence-corrected chi connectivity index (χ3v) is 4.96. The van der Waals surface area contributed by atoms with Crippen molar-refractivity contribution >= 4 is 11.9 Å². The third-order valence-electron chi connectivity index (χ3n) is 4.96. The average molecular weight is 266 g/mol. The van der Waals surface area contributed by atoms with Crippen molar-refractivity contribution in [2.75, 3.05) is 13.1 Å². The molecule has 2 bridgehead atoms. The van der Waals surface area contributed by atoms with Crippen molar-refractivity contribution in [3.63, 3.8) is 0 Å². The van der Waals surface area contributed by atoms with E-state index in [1.807, 2.05) is 11.8 Å². The van der Waals surface area contributed by atoms with Gasteiger partial charge in [0, 0.05) is 24.7 Å². The first-order valence-electron chi connectivity index (χ1n) is 7.39. The molecule has 0 aromatic rings. The lowest BCUT2D eigenvalue weighted by Gasteiger charge is -2.27. The molecule has 1 saturated carbocycles. The van der Waals surface area contributed by atoms with Gasteiger partial charge in [0.25, 0.3) is 0 Å². The van der Waals surface area contributed by atoms with Gasteiger partial charge in [-0.15, -0.1) is 0 Å². The van der Waals surface area contributed by atoms with Crippen LogP contribution in [0.2, 0.25) is 0 Å². The summed E-state index contributed by atoms with van der Waals surface area (Å²) in [6, 6.07) is 0.852. The highest BCUT2D eigenvalue weighted by Crippen LogP contribution is 2.41. The van der Waals surface area contributed by atoms with Gasteiger partial charge in [-0.05, 0) is 39.0 Å². The summed E-state index contributed by atoms with van der Waals surface area (Å²) in [6.07, 6.45) is 4.97. The maximum Gasteiger partial charge on any atom is 0.308 e. The highest BCUT2D eigenvalue weighted by atomic mass is 16.4. The number of aliphatic carboxylic acids is 1. The van der Waals surface area contributed by atoms with Crippen LogP contribution in [-0.4, -0.2) is 58.0 Å². The topological polar surface area (TPSA) is 60.9 Å². The van der Waals surface area contributed by atoms with E-state index in [0.717, 1.165) is 38.6 Å². The minimum absolute atomic E-state index is 0.0874. The highest BCUT2D eigenvalue weighted by molar-refractivity contribution is 5.79. The molecule has 3 aliphatic rings. The van der Waals surface area contributed by atoms with Gasteiger partial charge in [-0.2, -0.15) is 0 Å². The molecular weight excluding hydrogens is 244 g/mol. The molecule has 0 radical (unpaired) electrons. The van der Waals surface area contributed by atoms with Gasteiger partial charge < -0.3 is 10.0 Å². The number of carboxylic acid groups (broad SMARTS) is 1. The van der Waals surface area contributed by atoms with Crippen LogP contribution in [0.1, 0.15) is 39.0 Å². The number of hydrogen-bond acceptors (Lipinski definition) is 3. The van der Waals surface area contributed by atoms with Gasteiger partial charge in [0.2, 0.25) is 5.91 Å². The monoisotopic (exact) mass is 266 g/mol. The summed E-state index contributed by atoms with van der Waals surface area (Å²) in [5, 5.41) is 9.22. The molecule has 5 heteroatoms. The zero-order valence-corrected chi connectivity index (χ0v) is 11.4. The van der Waals surface area contributed by atoms with Crippen LogP contribution in [0.25, 0.3) is 0 Å². The number of rotatable bonds is 5. The van der Waals surface area contributed by atoms with Crippen molar-refractivity contribution in [1.82, 2.24) is 9.80 Å². The number of amides is 1. The summed E-state index contributed by atoms with van der Waals surface area (Å²) in [5.74, 6) is -0.769. The van der Waals surface area contributed by atoms with E-state index in [0.29, 0.717) is 18.6 Å². The van der Waals surface area contributed by atoms with E-state index in [1.54, 1.807) is 0 Å². The molecule has 0 aromatic heterocycles. The molecule has 0 spiro atoms. The second kappa shape index (κ2) is 4.78. The minimum Gasteiger partial charge on any atom is -0.481 e. The summed E-state index contributed by atoms with van der Waals surface area (Å²) in [6.45, 7) is 3.22. The normalized spacial score (nSPS) is 33.6. The van der Waals surface area contributed by atoms with E-state index in [1.165, 1.54) is 0 Å². The fourth-order valence-electron chi connectivity index (χ4n) is 3.88. The third kappa shape index (κ3) is 2.24. The van der Waals surface area contributed by atoms with Gasteiger partial charge in [0.15, 0.2) is 0 Å². The van der Waals surface area contributed by atoms with Gasteiger partial charge in [0.1, 0.15) is 0 Å². The van der Waals surface area contributed by atoms with Crippen molar-refractivity contribution in [3.05, 3.63) is 0 Å². The van der Waals surface area contributed by atoms with Crippen molar-refractivity contribution < 1.29 is 14.7 Å². The Morgan fingerprint density at radius 2 is 2.00 bits per heavy atom. The summed E-state index contributed by atoms with van der Waals surface area (Å²) < 4.78 is 0. The Balaban J connectivity index is 1.64. The Morgan fingerprint density at radius 1 is 1.26 bits per heavy atom. The summed E-state index contributed by atoms with van der Waals surface area (Å²) in [4.78, 5) is 27.7. The molecule has 2 saturated heterocycles. The zero-order valence-electron chi connectivity index (χ0n) is 11.4. The molecule has 3 unspecified atom stereocenters. The number of carboxylic acids is 1. The highest BCUT2D eigenvalue weighted by Gasteiger charge is 2.50. The lowest BCUT2D eigenvalue weighted by atomic mass is 9.89. The van der Waals surface area contributed by atoms with E-state index in [9.17, 15) is 14.7 Å². The van der Waals surface area contributed by atoms with Crippen LogP contribution in [0.15, 0.2) is 0 Å². The van der Waals surface area contributed by atoms with Gasteiger partial charge in [-0.3, -0.25) is 14.5 Å². The minimum atomic E-state index is -0.695. The largest absolute Gasteiger partial charge is 0.481 e. The van der Waals surface area contributed by atoms with Crippen molar-refractivity contribution in [3.8, 4) is 0 Å². The van der Waals surface area contributed by atoms with Crippen molar-refractivity contribution in [1.29, 1.82) is 0 Å². The molecule has 2 aliphatic heterocycles. The first-order chi connectivity index (χ1) is 9.11. The van der Waals surface area contributed by atoms with Crippen LogP contribution < -0.4 is 0 Å². The number of fused-ring (bicyclic) bond motifs is 2. The quantitative estimate of drug-likeness (QED) is 0.804. The molecule has 2 heterocycles. The molecule has 106 valence electrons. The van der Waals surface area contributed by atoms with Crippen LogP contribution in [0.4, 0.5) is 0 Å². The van der Waals surface area contributed by atoms with Gasteiger partial charge in [-0.1, -0.05) is 0 Å². The maximum atomic E-state index is 12.3. The average Bonchev–Trinajstić information content (AvgIpc) is 3.08. The van der Waals surface area contributed by atoms with E-state index in [4.69, 9.17) is 0 Å². The number of carbonyl (C=O) groups is 2. The number of hydrogen-bond donors (Lipinski definition) is 1. The Labute approximate surface area is 113 Å². The second-order valence-corrected chi connectivity index (χ2v) is 6.06. The number of nitrogens with zero attached hydrogens (tertiary/aromatic N) is 2. The first kappa shape index (κ1) is 12.9. The molecular formula is C14H22N2O3. The van der Waals surface area contributed by atoms with E-state index in [-0.39, 0.29) is 17.9 Å². The molecule has 1 N–H and O–H groups in total. The van der Waals surface area contributed by atoms with Gasteiger partial charge >= 0.3 is 5.97 Å². The molecule has 0 aromatic carbocycles. The predicted molar refractivity (Wildman–Crippen MR) is 69.7 cm³/mol. The lowest BCUT2D eigenvalue weighted by molar-refractivity contribution is -0.143. The Bertz CT molecular complexity index is 394. The van der Waals surface area contributed by atoms with E-state index >= 15 is 0 Å². The predicted octanol–water partition coefficient (Wildman–Crippen LogP) is 0.935. The molecule has 3 atom stereocenters. The molecule has 3 fully saturated rings. The summed E-state index contributed by atoms with van der Waals surface area (Å²) >= 11 is 0. The number of likely N-dealkylation sites (N-methyl/N-ethyl adjacent to an activating group) is 1. The standard InChI is InChI=1S/C14H22N2O3/c1-2-15(9-3-4-9)13(17)8-16-10-5-6-12(16)11(7-10)14(18)19/h9-12H,2-8H2,1H3,(H,18,19). The van der Waals surface area contributed by atoms with Gasteiger partial charge in [-0.25, -0.2) is 0 Å². The SMILES string of the molecule is CCN(C(=O)CN1C2CCC1C(C(=O)O)C2)C1CC1. The van der Waals surface area contributed by atoms with Crippen LogP contribution in [0.3, 0.4) is 0 Å². The fourth-order valence-corrected chi connectivity index (χ4v) is 3.88. The van der Waals surface area contributed by atoms with Crippen molar-refractivity contribution in [2.45, 2.75) is 57.2 Å². The molecule has 19 heavy (non-hydrogen) atoms. The van der Waals surface area contributed by atoms with Crippen LogP contribution >= 0.6 is 0 Å². The lowest BCUT2D eigenvalue weighted by Crippen LogP contribution is -2.44. The van der Waals surface area contributed by atoms with Crippen LogP contribution in [-0.2, 0) is 9.59 Å². The Hall–Kier alpha value is -1.10. The maximum absolute atomic E-state index is 12.3. The fraction of sp³-hybridized carbons (Fsp3) is 0.857. The smallest absolute Gasteiger partial charge is 0.308 e. The zero-order chi connectivity index (χ0) is 13.6. The Kier molecular flexibility index (Phi) is 3.25. The second-order valence-electron chi connectivity index (χ2n) is 6.06. The molecule has 5 nitrogen and oxygen atoms in total. The molecule has 1 amide bonds. The van der Waals surface area contributed by atoms with E-state index < -0.39 is 5.97 Å². The summed E-state index contributed by atoms with van der Waals surface area (Å²) in [7, 11) is 0. The number of carbonyl (C=O) groups excluding carboxylic acids is 1. The van der Waals surface area contributed by atoms with Crippen LogP contribution in [0, 0.1) is 5.92 Å². The van der Waals surface area contributed by atoms with Gasteiger partial charge in [0.05, 0.1) is 12.5 Å². The Morgan fingerprint density at radius 3 is 2.53 bits per heavy atom. The summed E-state index contributed by atoms with van der Waals surface area (Å²) in [5.41, 5.74) is 0.